The highest BCUT2D eigenvalue weighted by molar-refractivity contribution is 5.90. The highest BCUT2D eigenvalue weighted by atomic mass is 19.1. The molecule has 268 valence electrons. The lowest BCUT2D eigenvalue weighted by atomic mass is 10.1. The van der Waals surface area contributed by atoms with Crippen LogP contribution in [0.5, 0.6) is 0 Å². The van der Waals surface area contributed by atoms with Crippen molar-refractivity contribution < 1.29 is 13.6 Å². The Morgan fingerprint density at radius 2 is 1.28 bits per heavy atom. The van der Waals surface area contributed by atoms with Crippen molar-refractivity contribution in [3.05, 3.63) is 92.9 Å². The molecule has 0 aliphatic carbocycles. The summed E-state index contributed by atoms with van der Waals surface area (Å²) in [6.45, 7) is 11.5. The number of fused-ring (bicyclic) bond motifs is 1. The van der Waals surface area contributed by atoms with Gasteiger partial charge in [-0.15, -0.1) is 0 Å². The molecule has 50 heavy (non-hydrogen) atoms. The van der Waals surface area contributed by atoms with Crippen LogP contribution in [0.4, 0.5) is 14.7 Å². The van der Waals surface area contributed by atoms with Gasteiger partial charge in [0.2, 0.25) is 11.9 Å². The van der Waals surface area contributed by atoms with E-state index < -0.39 is 0 Å². The van der Waals surface area contributed by atoms with E-state index in [9.17, 15) is 18.4 Å². The van der Waals surface area contributed by atoms with Crippen molar-refractivity contribution in [2.24, 2.45) is 0 Å². The molecule has 2 saturated heterocycles. The average Bonchev–Trinajstić information content (AvgIpc) is 3.43. The quantitative estimate of drug-likeness (QED) is 0.143. The first kappa shape index (κ1) is 35.8. The monoisotopic (exact) mass is 688 g/mol. The summed E-state index contributed by atoms with van der Waals surface area (Å²) >= 11 is 0. The summed E-state index contributed by atoms with van der Waals surface area (Å²) in [5.74, 6) is -0.417. The van der Waals surface area contributed by atoms with Gasteiger partial charge in [0, 0.05) is 96.2 Å². The second-order valence-electron chi connectivity index (χ2n) is 13.8. The topological polar surface area (TPSA) is 104 Å². The second kappa shape index (κ2) is 17.3. The summed E-state index contributed by atoms with van der Waals surface area (Å²) in [5.41, 5.74) is 4.03. The Bertz CT molecular complexity index is 1780. The summed E-state index contributed by atoms with van der Waals surface area (Å²) in [7, 11) is 0. The number of aromatic amines is 2. The van der Waals surface area contributed by atoms with Gasteiger partial charge >= 0.3 is 0 Å². The number of anilines is 1. The minimum Gasteiger partial charge on any atom is -0.341 e. The molecule has 6 rings (SSSR count). The summed E-state index contributed by atoms with van der Waals surface area (Å²) in [5, 5.41) is 3.34. The van der Waals surface area contributed by atoms with Crippen LogP contribution in [0.2, 0.25) is 0 Å². The Hall–Kier alpha value is -3.97. The van der Waals surface area contributed by atoms with Crippen molar-refractivity contribution in [3.63, 3.8) is 0 Å². The van der Waals surface area contributed by atoms with Gasteiger partial charge in [0.15, 0.2) is 0 Å². The molecular formula is C38H50F2N8O2. The molecule has 2 aromatic heterocycles. The zero-order chi connectivity index (χ0) is 34.9. The van der Waals surface area contributed by atoms with Gasteiger partial charge in [-0.1, -0.05) is 56.9 Å². The van der Waals surface area contributed by atoms with Crippen molar-refractivity contribution in [3.8, 4) is 0 Å². The molecule has 4 heterocycles. The van der Waals surface area contributed by atoms with E-state index in [2.05, 4.69) is 46.8 Å². The third kappa shape index (κ3) is 9.84. The first-order valence-corrected chi connectivity index (χ1v) is 18.1. The SMILES string of the molecule is CCCCCCCC(=O)Nc1nc2[nH]c(CN3CCN(Cc4cccc(F)c4)CC3)c(CN3CCN(Cc4cccc(F)c4)CC3)c2c(=O)[nH]1. The minimum absolute atomic E-state index is 0.150. The van der Waals surface area contributed by atoms with Crippen molar-refractivity contribution in [1.29, 1.82) is 0 Å². The molecule has 0 bridgehead atoms. The maximum Gasteiger partial charge on any atom is 0.262 e. The summed E-state index contributed by atoms with van der Waals surface area (Å²) in [6.07, 6.45) is 5.63. The maximum atomic E-state index is 13.8. The van der Waals surface area contributed by atoms with Gasteiger partial charge in [-0.05, 0) is 41.8 Å². The standard InChI is InChI=1S/C38H50F2N8O2/c1-2-3-4-5-6-13-34(49)42-38-43-36-35(37(50)44-38)32(26-47-18-14-45(15-19-47)24-28-9-7-11-30(39)22-28)33(41-36)27-48-20-16-46(17-21-48)25-29-10-8-12-31(40)23-29/h7-12,22-23H,2-6,13-21,24-27H2,1H3,(H3,41,42,43,44,49,50). The molecule has 10 nitrogen and oxygen atoms in total. The fourth-order valence-electron chi connectivity index (χ4n) is 7.11. The molecule has 0 unspecified atom stereocenters. The molecule has 12 heteroatoms. The van der Waals surface area contributed by atoms with Crippen molar-refractivity contribution >= 4 is 22.9 Å². The van der Waals surface area contributed by atoms with Crippen LogP contribution in [0.1, 0.15) is 67.8 Å². The normalized spacial score (nSPS) is 16.7. The number of amides is 1. The van der Waals surface area contributed by atoms with Gasteiger partial charge in [0.25, 0.3) is 5.56 Å². The molecular weight excluding hydrogens is 638 g/mol. The fraction of sp³-hybridized carbons (Fsp3) is 0.500. The van der Waals surface area contributed by atoms with Crippen LogP contribution in [0.25, 0.3) is 11.0 Å². The maximum absolute atomic E-state index is 13.8. The van der Waals surface area contributed by atoms with E-state index in [0.29, 0.717) is 43.6 Å². The fourth-order valence-corrected chi connectivity index (χ4v) is 7.11. The van der Waals surface area contributed by atoms with Gasteiger partial charge < -0.3 is 4.98 Å². The minimum atomic E-state index is -0.268. The number of benzene rings is 2. The zero-order valence-corrected chi connectivity index (χ0v) is 29.2. The third-order valence-electron chi connectivity index (χ3n) is 9.90. The van der Waals surface area contributed by atoms with Crippen LogP contribution >= 0.6 is 0 Å². The number of rotatable bonds is 15. The molecule has 3 N–H and O–H groups in total. The zero-order valence-electron chi connectivity index (χ0n) is 29.2. The predicted octanol–water partition coefficient (Wildman–Crippen LogP) is 5.46. The number of halogens is 2. The van der Waals surface area contributed by atoms with Crippen LogP contribution in [0.3, 0.4) is 0 Å². The largest absolute Gasteiger partial charge is 0.341 e. The first-order valence-electron chi connectivity index (χ1n) is 18.1. The number of carbonyl (C=O) groups excluding carboxylic acids is 1. The Balaban J connectivity index is 1.14. The number of aromatic nitrogens is 3. The van der Waals surface area contributed by atoms with Crippen molar-refractivity contribution in [2.75, 3.05) is 57.7 Å². The predicted molar refractivity (Wildman–Crippen MR) is 193 cm³/mol. The van der Waals surface area contributed by atoms with Gasteiger partial charge in [-0.25, -0.2) is 8.78 Å². The molecule has 0 spiro atoms. The molecule has 2 aliphatic heterocycles. The number of nitrogens with one attached hydrogen (secondary N) is 3. The van der Waals surface area contributed by atoms with E-state index >= 15 is 0 Å². The Morgan fingerprint density at radius 3 is 1.84 bits per heavy atom. The molecule has 0 saturated carbocycles. The smallest absolute Gasteiger partial charge is 0.262 e. The number of hydrogen-bond donors (Lipinski definition) is 3. The number of carbonyl (C=O) groups is 1. The number of nitrogens with zero attached hydrogens (tertiary/aromatic N) is 5. The van der Waals surface area contributed by atoms with E-state index in [0.717, 1.165) is 100 Å². The van der Waals surface area contributed by atoms with Crippen molar-refractivity contribution in [2.45, 2.75) is 71.6 Å². The lowest BCUT2D eigenvalue weighted by Gasteiger charge is -2.36. The van der Waals surface area contributed by atoms with Gasteiger partial charge in [0.1, 0.15) is 17.3 Å². The molecule has 2 aromatic carbocycles. The first-order chi connectivity index (χ1) is 24.3. The lowest BCUT2D eigenvalue weighted by Crippen LogP contribution is -2.46. The Labute approximate surface area is 292 Å². The molecule has 1 amide bonds. The van der Waals surface area contributed by atoms with E-state index in [1.165, 1.54) is 18.6 Å². The van der Waals surface area contributed by atoms with Crippen LogP contribution < -0.4 is 10.9 Å². The third-order valence-corrected chi connectivity index (χ3v) is 9.90. The summed E-state index contributed by atoms with van der Waals surface area (Å²) < 4.78 is 27.5. The van der Waals surface area contributed by atoms with Gasteiger partial charge in [-0.3, -0.25) is 39.5 Å². The highest BCUT2D eigenvalue weighted by Gasteiger charge is 2.25. The van der Waals surface area contributed by atoms with E-state index in [-0.39, 0.29) is 29.0 Å². The number of piperazine rings is 2. The Kier molecular flexibility index (Phi) is 12.4. The van der Waals surface area contributed by atoms with Gasteiger partial charge in [0.05, 0.1) is 5.39 Å². The van der Waals surface area contributed by atoms with Gasteiger partial charge in [-0.2, -0.15) is 4.98 Å². The number of unbranched alkanes of at least 4 members (excludes halogenated alkanes) is 4. The van der Waals surface area contributed by atoms with E-state index in [1.54, 1.807) is 24.3 Å². The molecule has 2 fully saturated rings. The van der Waals surface area contributed by atoms with Crippen LogP contribution in [0, 0.1) is 11.6 Å². The number of H-pyrrole nitrogens is 2. The molecule has 0 radical (unpaired) electrons. The van der Waals surface area contributed by atoms with Crippen molar-refractivity contribution in [1.82, 2.24) is 34.6 Å². The van der Waals surface area contributed by atoms with E-state index in [4.69, 9.17) is 0 Å². The number of hydrogen-bond acceptors (Lipinski definition) is 7. The van der Waals surface area contributed by atoms with Crippen LogP contribution in [-0.4, -0.2) is 92.8 Å². The molecule has 0 atom stereocenters. The average molecular weight is 689 g/mol. The summed E-state index contributed by atoms with van der Waals surface area (Å²) in [4.78, 5) is 46.7. The highest BCUT2D eigenvalue weighted by Crippen LogP contribution is 2.24. The molecule has 2 aliphatic rings. The Morgan fingerprint density at radius 1 is 0.740 bits per heavy atom. The molecule has 4 aromatic rings. The van der Waals surface area contributed by atoms with Crippen LogP contribution in [-0.2, 0) is 31.0 Å². The van der Waals surface area contributed by atoms with Crippen LogP contribution in [0.15, 0.2) is 53.3 Å². The second-order valence-corrected chi connectivity index (χ2v) is 13.8. The summed E-state index contributed by atoms with van der Waals surface area (Å²) in [6, 6.07) is 13.6. The lowest BCUT2D eigenvalue weighted by molar-refractivity contribution is -0.116. The van der Waals surface area contributed by atoms with E-state index in [1.807, 2.05) is 12.1 Å².